The molecule has 0 unspecified atom stereocenters. The number of hydrogen-bond donors (Lipinski definition) is 1. The molecule has 0 aliphatic heterocycles. The van der Waals surface area contributed by atoms with E-state index >= 15 is 0 Å². The van der Waals surface area contributed by atoms with Gasteiger partial charge in [-0.15, -0.1) is 15.3 Å². The maximum absolute atomic E-state index is 4.59. The van der Waals surface area contributed by atoms with Crippen molar-refractivity contribution in [3.05, 3.63) is 47.4 Å². The Morgan fingerprint density at radius 2 is 2.17 bits per heavy atom. The fraction of sp³-hybridized carbons (Fsp3) is 0.200. The molecule has 116 valence electrons. The fourth-order valence-corrected chi connectivity index (χ4v) is 2.98. The molecular formula is C15H15N7S. The van der Waals surface area contributed by atoms with Crippen LogP contribution in [-0.2, 0) is 6.54 Å². The highest BCUT2D eigenvalue weighted by Crippen LogP contribution is 2.20. The van der Waals surface area contributed by atoms with Crippen LogP contribution in [0.5, 0.6) is 0 Å². The lowest BCUT2D eigenvalue weighted by molar-refractivity contribution is 0.591. The summed E-state index contributed by atoms with van der Waals surface area (Å²) in [5.41, 5.74) is 1.78. The number of aryl methyl sites for hydroxylation is 1. The minimum atomic E-state index is 0.744. The summed E-state index contributed by atoms with van der Waals surface area (Å²) < 4.78 is 3.70. The number of nitrogens with zero attached hydrogens (tertiary/aromatic N) is 6. The topological polar surface area (TPSA) is 72.9 Å². The van der Waals surface area contributed by atoms with Crippen molar-refractivity contribution in [2.45, 2.75) is 13.0 Å². The molecule has 0 radical (unpaired) electrons. The SMILES string of the molecule is c1cnn(CCCNc2ccc3nnc(-c4ccsc4)n3n2)c1. The van der Waals surface area contributed by atoms with Crippen molar-refractivity contribution in [1.29, 1.82) is 0 Å². The summed E-state index contributed by atoms with van der Waals surface area (Å²) in [5, 5.41) is 24.6. The Kier molecular flexibility index (Phi) is 3.73. The van der Waals surface area contributed by atoms with E-state index in [4.69, 9.17) is 0 Å². The third-order valence-corrected chi connectivity index (χ3v) is 4.15. The van der Waals surface area contributed by atoms with E-state index < -0.39 is 0 Å². The molecule has 4 aromatic heterocycles. The van der Waals surface area contributed by atoms with Gasteiger partial charge >= 0.3 is 0 Å². The lowest BCUT2D eigenvalue weighted by Gasteiger charge is -2.06. The average molecular weight is 325 g/mol. The van der Waals surface area contributed by atoms with Gasteiger partial charge in [-0.2, -0.15) is 21.0 Å². The number of hydrogen-bond acceptors (Lipinski definition) is 6. The quantitative estimate of drug-likeness (QED) is 0.552. The highest BCUT2D eigenvalue weighted by molar-refractivity contribution is 7.08. The molecule has 7 nitrogen and oxygen atoms in total. The number of nitrogens with one attached hydrogen (secondary N) is 1. The summed E-state index contributed by atoms with van der Waals surface area (Å²) in [6, 6.07) is 7.80. The van der Waals surface area contributed by atoms with Crippen LogP contribution >= 0.6 is 11.3 Å². The van der Waals surface area contributed by atoms with E-state index in [0.717, 1.165) is 42.4 Å². The zero-order valence-corrected chi connectivity index (χ0v) is 13.1. The number of aromatic nitrogens is 6. The Hall–Kier alpha value is -2.74. The number of fused-ring (bicyclic) bond motifs is 1. The van der Waals surface area contributed by atoms with Crippen molar-refractivity contribution in [3.63, 3.8) is 0 Å². The molecule has 0 saturated heterocycles. The Bertz CT molecular complexity index is 880. The highest BCUT2D eigenvalue weighted by atomic mass is 32.1. The summed E-state index contributed by atoms with van der Waals surface area (Å²) in [6.07, 6.45) is 4.73. The van der Waals surface area contributed by atoms with E-state index in [0.29, 0.717) is 0 Å². The Balaban J connectivity index is 1.46. The second-order valence-corrected chi connectivity index (χ2v) is 5.85. The zero-order valence-electron chi connectivity index (χ0n) is 12.3. The van der Waals surface area contributed by atoms with Gasteiger partial charge in [-0.25, -0.2) is 0 Å². The van der Waals surface area contributed by atoms with Crippen LogP contribution in [0.25, 0.3) is 17.0 Å². The predicted molar refractivity (Wildman–Crippen MR) is 89.4 cm³/mol. The largest absolute Gasteiger partial charge is 0.369 e. The van der Waals surface area contributed by atoms with E-state index in [2.05, 4.69) is 25.7 Å². The first-order chi connectivity index (χ1) is 11.4. The molecule has 4 heterocycles. The van der Waals surface area contributed by atoms with Gasteiger partial charge in [0.05, 0.1) is 0 Å². The van der Waals surface area contributed by atoms with Gasteiger partial charge in [-0.1, -0.05) is 0 Å². The molecule has 0 spiro atoms. The Labute approximate surface area is 136 Å². The van der Waals surface area contributed by atoms with Crippen LogP contribution in [0.1, 0.15) is 6.42 Å². The van der Waals surface area contributed by atoms with Gasteiger partial charge in [0.1, 0.15) is 5.82 Å². The normalized spacial score (nSPS) is 11.1. The molecule has 0 atom stereocenters. The molecule has 0 bridgehead atoms. The number of thiophene rings is 1. The molecular weight excluding hydrogens is 310 g/mol. The molecule has 0 aromatic carbocycles. The molecule has 4 rings (SSSR count). The molecule has 0 aliphatic carbocycles. The van der Waals surface area contributed by atoms with Crippen LogP contribution in [0.3, 0.4) is 0 Å². The van der Waals surface area contributed by atoms with Crippen LogP contribution in [0.2, 0.25) is 0 Å². The van der Waals surface area contributed by atoms with E-state index in [-0.39, 0.29) is 0 Å². The van der Waals surface area contributed by atoms with Gasteiger partial charge in [0, 0.05) is 36.4 Å². The van der Waals surface area contributed by atoms with Crippen molar-refractivity contribution in [2.75, 3.05) is 11.9 Å². The first-order valence-electron chi connectivity index (χ1n) is 7.36. The second-order valence-electron chi connectivity index (χ2n) is 5.07. The minimum Gasteiger partial charge on any atom is -0.369 e. The lowest BCUT2D eigenvalue weighted by atomic mass is 10.3. The van der Waals surface area contributed by atoms with Crippen LogP contribution in [0.4, 0.5) is 5.82 Å². The van der Waals surface area contributed by atoms with Crippen LogP contribution in [0, 0.1) is 0 Å². The summed E-state index contributed by atoms with van der Waals surface area (Å²) in [6.45, 7) is 1.71. The van der Waals surface area contributed by atoms with Crippen molar-refractivity contribution in [2.24, 2.45) is 0 Å². The van der Waals surface area contributed by atoms with Gasteiger partial charge in [0.2, 0.25) is 0 Å². The summed E-state index contributed by atoms with van der Waals surface area (Å²) in [7, 11) is 0. The van der Waals surface area contributed by atoms with Gasteiger partial charge < -0.3 is 5.32 Å². The Morgan fingerprint density at radius 3 is 3.00 bits per heavy atom. The monoisotopic (exact) mass is 325 g/mol. The fourth-order valence-electron chi connectivity index (χ4n) is 2.35. The van der Waals surface area contributed by atoms with E-state index in [1.165, 1.54) is 0 Å². The standard InChI is InChI=1S/C15H15N7S/c1(8-21-9-2-7-17-21)6-16-13-3-4-14-18-19-15(22(14)20-13)12-5-10-23-11-12/h2-5,7,9-11H,1,6,8H2,(H,16,20). The predicted octanol–water partition coefficient (Wildman–Crippen LogP) is 2.55. The zero-order chi connectivity index (χ0) is 15.5. The summed E-state index contributed by atoms with van der Waals surface area (Å²) >= 11 is 1.63. The highest BCUT2D eigenvalue weighted by Gasteiger charge is 2.10. The molecule has 0 saturated carbocycles. The summed E-state index contributed by atoms with van der Waals surface area (Å²) in [5.74, 6) is 1.58. The van der Waals surface area contributed by atoms with Crippen LogP contribution in [0.15, 0.2) is 47.4 Å². The average Bonchev–Trinajstić information content (AvgIpc) is 3.31. The first-order valence-corrected chi connectivity index (χ1v) is 8.31. The first kappa shape index (κ1) is 13.9. The molecule has 0 aliphatic rings. The third kappa shape index (κ3) is 2.93. The number of anilines is 1. The lowest BCUT2D eigenvalue weighted by Crippen LogP contribution is -2.09. The number of rotatable bonds is 6. The maximum atomic E-state index is 4.59. The third-order valence-electron chi connectivity index (χ3n) is 3.47. The molecule has 0 amide bonds. The maximum Gasteiger partial charge on any atom is 0.186 e. The van der Waals surface area contributed by atoms with Crippen LogP contribution in [-0.4, -0.2) is 36.1 Å². The van der Waals surface area contributed by atoms with E-state index in [9.17, 15) is 0 Å². The smallest absolute Gasteiger partial charge is 0.186 e. The van der Waals surface area contributed by atoms with Gasteiger partial charge in [-0.3, -0.25) is 4.68 Å². The van der Waals surface area contributed by atoms with Gasteiger partial charge in [0.15, 0.2) is 11.5 Å². The molecule has 0 fully saturated rings. The van der Waals surface area contributed by atoms with E-state index in [1.807, 2.05) is 45.9 Å². The molecule has 1 N–H and O–H groups in total. The van der Waals surface area contributed by atoms with Crippen LogP contribution < -0.4 is 5.32 Å². The summed E-state index contributed by atoms with van der Waals surface area (Å²) in [4.78, 5) is 0. The molecule has 8 heteroatoms. The van der Waals surface area contributed by atoms with Crippen molar-refractivity contribution in [3.8, 4) is 11.4 Å². The van der Waals surface area contributed by atoms with Crippen molar-refractivity contribution >= 4 is 22.8 Å². The van der Waals surface area contributed by atoms with Crippen molar-refractivity contribution in [1.82, 2.24) is 29.6 Å². The Morgan fingerprint density at radius 1 is 1.17 bits per heavy atom. The van der Waals surface area contributed by atoms with Gasteiger partial charge in [-0.05, 0) is 36.1 Å². The van der Waals surface area contributed by atoms with Crippen molar-refractivity contribution < 1.29 is 0 Å². The van der Waals surface area contributed by atoms with Gasteiger partial charge in [0.25, 0.3) is 0 Å². The molecule has 4 aromatic rings. The van der Waals surface area contributed by atoms with E-state index in [1.54, 1.807) is 22.0 Å². The molecule has 23 heavy (non-hydrogen) atoms. The second kappa shape index (κ2) is 6.17. The minimum absolute atomic E-state index is 0.744.